The van der Waals surface area contributed by atoms with E-state index in [-0.39, 0.29) is 28.8 Å². The molecular formula is C20H30ClN3O2. The molecule has 3 amide bonds. The number of carbonyl (C=O) groups is 2. The summed E-state index contributed by atoms with van der Waals surface area (Å²) in [6.45, 7) is 12.3. The third kappa shape index (κ3) is 6.20. The fourth-order valence-corrected chi connectivity index (χ4v) is 3.52. The van der Waals surface area contributed by atoms with Crippen LogP contribution in [0.25, 0.3) is 0 Å². The van der Waals surface area contributed by atoms with E-state index in [4.69, 9.17) is 11.6 Å². The first-order valence-corrected chi connectivity index (χ1v) is 9.44. The topological polar surface area (TPSA) is 70.2 Å². The first-order valence-electron chi connectivity index (χ1n) is 9.06. The fraction of sp³-hybridized carbons (Fsp3) is 0.600. The number of nitrogens with one attached hydrogen (secondary N) is 3. The van der Waals surface area contributed by atoms with Crippen LogP contribution in [0.15, 0.2) is 12.1 Å². The highest BCUT2D eigenvalue weighted by Gasteiger charge is 2.30. The maximum absolute atomic E-state index is 12.4. The van der Waals surface area contributed by atoms with Gasteiger partial charge in [-0.25, -0.2) is 4.79 Å². The molecule has 0 spiro atoms. The zero-order valence-corrected chi connectivity index (χ0v) is 17.3. The number of anilines is 2. The Morgan fingerprint density at radius 1 is 1.12 bits per heavy atom. The first kappa shape index (κ1) is 20.6. The van der Waals surface area contributed by atoms with E-state index in [2.05, 4.69) is 36.7 Å². The fourth-order valence-electron chi connectivity index (χ4n) is 3.30. The Hall–Kier alpha value is -1.75. The van der Waals surface area contributed by atoms with Crippen molar-refractivity contribution in [2.24, 2.45) is 11.3 Å². The minimum Gasteiger partial charge on any atom is -0.333 e. The van der Waals surface area contributed by atoms with Gasteiger partial charge in [0.1, 0.15) is 0 Å². The van der Waals surface area contributed by atoms with Crippen LogP contribution < -0.4 is 16.0 Å². The summed E-state index contributed by atoms with van der Waals surface area (Å²) >= 11 is 6.28. The number of halogens is 1. The molecule has 5 nitrogen and oxygen atoms in total. The Labute approximate surface area is 161 Å². The Kier molecular flexibility index (Phi) is 5.91. The highest BCUT2D eigenvalue weighted by Crippen LogP contribution is 2.33. The molecule has 0 aromatic heterocycles. The second-order valence-corrected chi connectivity index (χ2v) is 9.50. The van der Waals surface area contributed by atoms with Crippen LogP contribution >= 0.6 is 11.6 Å². The van der Waals surface area contributed by atoms with Gasteiger partial charge in [0.05, 0.1) is 0 Å². The molecule has 0 unspecified atom stereocenters. The van der Waals surface area contributed by atoms with Crippen molar-refractivity contribution in [3.63, 3.8) is 0 Å². The zero-order chi connectivity index (χ0) is 19.7. The molecule has 1 aromatic carbocycles. The number of urea groups is 1. The summed E-state index contributed by atoms with van der Waals surface area (Å²) in [5, 5.41) is 9.24. The van der Waals surface area contributed by atoms with Gasteiger partial charge in [0.25, 0.3) is 0 Å². The number of rotatable bonds is 5. The Balaban J connectivity index is 2.07. The Morgan fingerprint density at radius 2 is 1.73 bits per heavy atom. The smallest absolute Gasteiger partial charge is 0.319 e. The van der Waals surface area contributed by atoms with E-state index in [1.807, 2.05) is 20.8 Å². The van der Waals surface area contributed by atoms with Gasteiger partial charge in [0.2, 0.25) is 5.91 Å². The number of amides is 3. The second-order valence-electron chi connectivity index (χ2n) is 9.09. The lowest BCUT2D eigenvalue weighted by Gasteiger charge is -2.33. The summed E-state index contributed by atoms with van der Waals surface area (Å²) in [7, 11) is 0. The molecule has 0 bridgehead atoms. The van der Waals surface area contributed by atoms with Crippen LogP contribution in [0.5, 0.6) is 0 Å². The van der Waals surface area contributed by atoms with E-state index < -0.39 is 0 Å². The molecule has 26 heavy (non-hydrogen) atoms. The van der Waals surface area contributed by atoms with Gasteiger partial charge in [-0.15, -0.1) is 0 Å². The molecule has 3 N–H and O–H groups in total. The molecule has 0 aliphatic heterocycles. The third-order valence-corrected chi connectivity index (χ3v) is 4.62. The van der Waals surface area contributed by atoms with Gasteiger partial charge in [-0.2, -0.15) is 0 Å². The predicted molar refractivity (Wildman–Crippen MR) is 108 cm³/mol. The summed E-state index contributed by atoms with van der Waals surface area (Å²) in [4.78, 5) is 24.4. The summed E-state index contributed by atoms with van der Waals surface area (Å²) < 4.78 is 0. The molecule has 1 saturated carbocycles. The molecule has 2 rings (SSSR count). The minimum absolute atomic E-state index is 0.0112. The second kappa shape index (κ2) is 7.47. The molecule has 1 fully saturated rings. The average molecular weight is 380 g/mol. The van der Waals surface area contributed by atoms with Crippen molar-refractivity contribution in [1.29, 1.82) is 0 Å². The SMILES string of the molecule is Cc1c(Cl)cc(NC(=O)NC(C)(C)CC(C)(C)C)cc1NC(=O)C1CC1. The molecular weight excluding hydrogens is 350 g/mol. The maximum Gasteiger partial charge on any atom is 0.319 e. The molecule has 1 aromatic rings. The highest BCUT2D eigenvalue weighted by molar-refractivity contribution is 6.32. The lowest BCUT2D eigenvalue weighted by molar-refractivity contribution is -0.117. The monoisotopic (exact) mass is 379 g/mol. The van der Waals surface area contributed by atoms with Gasteiger partial charge in [0.15, 0.2) is 0 Å². The largest absolute Gasteiger partial charge is 0.333 e. The number of benzene rings is 1. The van der Waals surface area contributed by atoms with Crippen LogP contribution in [-0.4, -0.2) is 17.5 Å². The van der Waals surface area contributed by atoms with Crippen molar-refractivity contribution in [3.05, 3.63) is 22.7 Å². The summed E-state index contributed by atoms with van der Waals surface area (Å²) in [6, 6.07) is 3.15. The van der Waals surface area contributed by atoms with E-state index >= 15 is 0 Å². The van der Waals surface area contributed by atoms with Crippen molar-refractivity contribution in [3.8, 4) is 0 Å². The molecule has 6 heteroatoms. The standard InChI is InChI=1S/C20H30ClN3O2/c1-12-15(21)9-14(10-16(12)23-17(25)13-7-8-13)22-18(26)24-20(5,6)11-19(2,3)4/h9-10,13H,7-8,11H2,1-6H3,(H,23,25)(H2,22,24,26). The molecule has 0 heterocycles. The lowest BCUT2D eigenvalue weighted by atomic mass is 9.82. The van der Waals surface area contributed by atoms with E-state index in [0.717, 1.165) is 24.8 Å². The van der Waals surface area contributed by atoms with Gasteiger partial charge < -0.3 is 16.0 Å². The van der Waals surface area contributed by atoms with Crippen LogP contribution in [0.3, 0.4) is 0 Å². The molecule has 1 aliphatic carbocycles. The quantitative estimate of drug-likeness (QED) is 0.646. The Morgan fingerprint density at radius 3 is 2.27 bits per heavy atom. The normalized spacial score (nSPS) is 14.7. The van der Waals surface area contributed by atoms with Crippen molar-refractivity contribution in [1.82, 2.24) is 5.32 Å². The molecule has 1 aliphatic rings. The Bertz CT molecular complexity index is 704. The van der Waals surface area contributed by atoms with Crippen molar-refractivity contribution in [2.45, 2.75) is 66.3 Å². The molecule has 0 radical (unpaired) electrons. The predicted octanol–water partition coefficient (Wildman–Crippen LogP) is 5.33. The minimum atomic E-state index is -0.347. The number of hydrogen-bond acceptors (Lipinski definition) is 2. The van der Waals surface area contributed by atoms with Crippen LogP contribution in [-0.2, 0) is 4.79 Å². The van der Waals surface area contributed by atoms with E-state index in [0.29, 0.717) is 16.4 Å². The van der Waals surface area contributed by atoms with E-state index in [1.54, 1.807) is 12.1 Å². The van der Waals surface area contributed by atoms with Gasteiger partial charge in [0, 0.05) is 27.9 Å². The van der Waals surface area contributed by atoms with Crippen molar-refractivity contribution < 1.29 is 9.59 Å². The van der Waals surface area contributed by atoms with Gasteiger partial charge in [-0.3, -0.25) is 4.79 Å². The van der Waals surface area contributed by atoms with Crippen LogP contribution in [0.1, 0.15) is 59.4 Å². The highest BCUT2D eigenvalue weighted by atomic mass is 35.5. The molecule has 0 atom stereocenters. The average Bonchev–Trinajstić information content (AvgIpc) is 3.24. The zero-order valence-electron chi connectivity index (χ0n) is 16.5. The molecule has 0 saturated heterocycles. The van der Waals surface area contributed by atoms with Gasteiger partial charge in [-0.05, 0) is 63.1 Å². The third-order valence-electron chi connectivity index (χ3n) is 4.23. The van der Waals surface area contributed by atoms with Crippen LogP contribution in [0.4, 0.5) is 16.2 Å². The van der Waals surface area contributed by atoms with E-state index in [9.17, 15) is 9.59 Å². The molecule has 144 valence electrons. The van der Waals surface area contributed by atoms with Gasteiger partial charge >= 0.3 is 6.03 Å². The van der Waals surface area contributed by atoms with Crippen molar-refractivity contribution in [2.75, 3.05) is 10.6 Å². The van der Waals surface area contributed by atoms with Gasteiger partial charge in [-0.1, -0.05) is 32.4 Å². The number of hydrogen-bond donors (Lipinski definition) is 3. The van der Waals surface area contributed by atoms with E-state index in [1.165, 1.54) is 0 Å². The maximum atomic E-state index is 12.4. The summed E-state index contributed by atoms with van der Waals surface area (Å²) in [6.07, 6.45) is 2.70. The summed E-state index contributed by atoms with van der Waals surface area (Å²) in [5.41, 5.74) is 1.73. The van der Waals surface area contributed by atoms with Crippen molar-refractivity contribution >= 4 is 34.9 Å². The number of carbonyl (C=O) groups excluding carboxylic acids is 2. The van der Waals surface area contributed by atoms with Crippen LogP contribution in [0, 0.1) is 18.3 Å². The summed E-state index contributed by atoms with van der Waals surface area (Å²) in [5.74, 6) is 0.114. The van der Waals surface area contributed by atoms with Crippen LogP contribution in [0.2, 0.25) is 5.02 Å². The first-order chi connectivity index (χ1) is 11.9. The lowest BCUT2D eigenvalue weighted by Crippen LogP contribution is -2.47.